The first-order valence-corrected chi connectivity index (χ1v) is 8.68. The molecule has 0 radical (unpaired) electrons. The molecule has 1 saturated heterocycles. The normalized spacial score (nSPS) is 19.0. The lowest BCUT2D eigenvalue weighted by atomic mass is 10.0. The minimum atomic E-state index is -3.58. The Balaban J connectivity index is 2.27. The molecule has 1 amide bonds. The molecule has 0 saturated carbocycles. The van der Waals surface area contributed by atoms with Crippen molar-refractivity contribution in [1.82, 2.24) is 14.9 Å². The summed E-state index contributed by atoms with van der Waals surface area (Å²) in [6, 6.07) is 7.21. The Morgan fingerprint density at radius 3 is 2.86 bits per heavy atom. The molecule has 2 rings (SSSR count). The van der Waals surface area contributed by atoms with Crippen LogP contribution in [0, 0.1) is 0 Å². The highest BCUT2D eigenvalue weighted by molar-refractivity contribution is 7.90. The maximum Gasteiger partial charge on any atom is 0.239 e. The minimum absolute atomic E-state index is 0.246. The van der Waals surface area contributed by atoms with Crippen LogP contribution in [0.3, 0.4) is 0 Å². The Morgan fingerprint density at radius 1 is 1.45 bits per heavy atom. The zero-order valence-electron chi connectivity index (χ0n) is 12.7. The summed E-state index contributed by atoms with van der Waals surface area (Å²) in [5.74, 6) is -0.271. The molecule has 1 heterocycles. The molecule has 1 aliphatic rings. The number of amides is 1. The van der Waals surface area contributed by atoms with Gasteiger partial charge in [-0.25, -0.2) is 13.1 Å². The lowest BCUT2D eigenvalue weighted by Gasteiger charge is -2.37. The fourth-order valence-corrected chi connectivity index (χ4v) is 3.18. The fourth-order valence-electron chi connectivity index (χ4n) is 2.54. The fraction of sp³-hybridized carbons (Fsp3) is 0.500. The van der Waals surface area contributed by atoms with Gasteiger partial charge in [-0.3, -0.25) is 4.79 Å². The number of nitrogens with zero attached hydrogens (tertiary/aromatic N) is 1. The number of rotatable bonds is 5. The minimum Gasteiger partial charge on any atom is -0.496 e. The first kappa shape index (κ1) is 16.7. The van der Waals surface area contributed by atoms with Crippen LogP contribution in [-0.2, 0) is 14.8 Å². The van der Waals surface area contributed by atoms with E-state index in [1.807, 2.05) is 24.3 Å². The molecule has 1 aromatic carbocycles. The van der Waals surface area contributed by atoms with E-state index in [4.69, 9.17) is 4.74 Å². The van der Waals surface area contributed by atoms with Gasteiger partial charge in [0.05, 0.1) is 13.2 Å². The molecule has 0 bridgehead atoms. The number of carbonyl (C=O) groups excluding carboxylic acids is 1. The number of hydrogen-bond acceptors (Lipinski definition) is 5. The Labute approximate surface area is 130 Å². The van der Waals surface area contributed by atoms with E-state index in [-0.39, 0.29) is 6.04 Å². The number of methoxy groups -OCH3 is 1. The van der Waals surface area contributed by atoms with Crippen LogP contribution in [0.5, 0.6) is 5.75 Å². The van der Waals surface area contributed by atoms with E-state index in [1.165, 1.54) is 7.05 Å². The SMILES string of the molecule is CNS(=O)(=O)CC(=O)N1CCNCC1c1ccccc1OC. The van der Waals surface area contributed by atoms with Gasteiger partial charge in [0.1, 0.15) is 11.5 Å². The summed E-state index contributed by atoms with van der Waals surface area (Å²) in [6.45, 7) is 1.66. The summed E-state index contributed by atoms with van der Waals surface area (Å²) >= 11 is 0. The van der Waals surface area contributed by atoms with Gasteiger partial charge in [0.25, 0.3) is 0 Å². The molecule has 0 aromatic heterocycles. The highest BCUT2D eigenvalue weighted by Crippen LogP contribution is 2.30. The quantitative estimate of drug-likeness (QED) is 0.776. The third-order valence-corrected chi connectivity index (χ3v) is 4.94. The van der Waals surface area contributed by atoms with E-state index in [0.717, 1.165) is 5.56 Å². The lowest BCUT2D eigenvalue weighted by Crippen LogP contribution is -2.50. The monoisotopic (exact) mass is 327 g/mol. The summed E-state index contributed by atoms with van der Waals surface area (Å²) in [5.41, 5.74) is 0.868. The highest BCUT2D eigenvalue weighted by Gasteiger charge is 2.31. The summed E-state index contributed by atoms with van der Waals surface area (Å²) < 4.78 is 30.8. The summed E-state index contributed by atoms with van der Waals surface area (Å²) in [4.78, 5) is 14.0. The predicted molar refractivity (Wildman–Crippen MR) is 83.2 cm³/mol. The molecule has 1 aromatic rings. The van der Waals surface area contributed by atoms with E-state index >= 15 is 0 Å². The van der Waals surface area contributed by atoms with Crippen molar-refractivity contribution in [3.8, 4) is 5.75 Å². The van der Waals surface area contributed by atoms with Crippen LogP contribution in [0.2, 0.25) is 0 Å². The molecule has 1 unspecified atom stereocenters. The van der Waals surface area contributed by atoms with Crippen LogP contribution in [0.25, 0.3) is 0 Å². The number of ether oxygens (including phenoxy) is 1. The molecular weight excluding hydrogens is 306 g/mol. The molecule has 7 nitrogen and oxygen atoms in total. The van der Waals surface area contributed by atoms with Crippen LogP contribution in [0.15, 0.2) is 24.3 Å². The highest BCUT2D eigenvalue weighted by atomic mass is 32.2. The molecule has 122 valence electrons. The third kappa shape index (κ3) is 3.76. The van der Waals surface area contributed by atoms with Crippen molar-refractivity contribution in [1.29, 1.82) is 0 Å². The van der Waals surface area contributed by atoms with Crippen molar-refractivity contribution < 1.29 is 17.9 Å². The topological polar surface area (TPSA) is 87.7 Å². The first-order chi connectivity index (χ1) is 10.5. The zero-order chi connectivity index (χ0) is 16.2. The second-order valence-corrected chi connectivity index (χ2v) is 6.94. The van der Waals surface area contributed by atoms with Crippen molar-refractivity contribution >= 4 is 15.9 Å². The van der Waals surface area contributed by atoms with Crippen molar-refractivity contribution in [2.75, 3.05) is 39.5 Å². The lowest BCUT2D eigenvalue weighted by molar-refractivity contribution is -0.131. The summed E-state index contributed by atoms with van der Waals surface area (Å²) in [7, 11) is -0.702. The average molecular weight is 327 g/mol. The van der Waals surface area contributed by atoms with Gasteiger partial charge in [-0.15, -0.1) is 0 Å². The van der Waals surface area contributed by atoms with Crippen LogP contribution in [0.1, 0.15) is 11.6 Å². The van der Waals surface area contributed by atoms with Crippen LogP contribution in [0.4, 0.5) is 0 Å². The van der Waals surface area contributed by atoms with E-state index in [0.29, 0.717) is 25.4 Å². The molecule has 8 heteroatoms. The molecular formula is C14H21N3O4S. The van der Waals surface area contributed by atoms with Gasteiger partial charge >= 0.3 is 0 Å². The van der Waals surface area contributed by atoms with Crippen molar-refractivity contribution in [3.63, 3.8) is 0 Å². The first-order valence-electron chi connectivity index (χ1n) is 7.03. The van der Waals surface area contributed by atoms with Gasteiger partial charge in [-0.1, -0.05) is 18.2 Å². The van der Waals surface area contributed by atoms with Crippen molar-refractivity contribution in [3.05, 3.63) is 29.8 Å². The van der Waals surface area contributed by atoms with E-state index < -0.39 is 21.7 Å². The van der Waals surface area contributed by atoms with Crippen LogP contribution >= 0.6 is 0 Å². The van der Waals surface area contributed by atoms with Gasteiger partial charge in [-0.05, 0) is 13.1 Å². The van der Waals surface area contributed by atoms with E-state index in [2.05, 4.69) is 10.0 Å². The van der Waals surface area contributed by atoms with Gasteiger partial charge < -0.3 is 15.0 Å². The predicted octanol–water partition coefficient (Wildman–Crippen LogP) is -0.283. The Hall–Kier alpha value is -1.64. The largest absolute Gasteiger partial charge is 0.496 e. The van der Waals surface area contributed by atoms with Crippen molar-refractivity contribution in [2.45, 2.75) is 6.04 Å². The number of hydrogen-bond donors (Lipinski definition) is 2. The maximum absolute atomic E-state index is 12.4. The van der Waals surface area contributed by atoms with Gasteiger partial charge in [0, 0.05) is 25.2 Å². The molecule has 0 spiro atoms. The standard InChI is InChI=1S/C14H21N3O4S/c1-15-22(19,20)10-14(18)17-8-7-16-9-12(17)11-5-3-4-6-13(11)21-2/h3-6,12,15-16H,7-10H2,1-2H3. The zero-order valence-corrected chi connectivity index (χ0v) is 13.5. The van der Waals surface area contributed by atoms with Gasteiger partial charge in [0.2, 0.25) is 15.9 Å². The number of sulfonamides is 1. The maximum atomic E-state index is 12.4. The number of benzene rings is 1. The average Bonchev–Trinajstić information content (AvgIpc) is 2.54. The molecule has 1 aliphatic heterocycles. The number of carbonyl (C=O) groups is 1. The van der Waals surface area contributed by atoms with E-state index in [1.54, 1.807) is 12.0 Å². The Morgan fingerprint density at radius 2 is 2.18 bits per heavy atom. The summed E-state index contributed by atoms with van der Waals surface area (Å²) in [5, 5.41) is 3.23. The third-order valence-electron chi connectivity index (χ3n) is 3.69. The second-order valence-electron chi connectivity index (χ2n) is 5.01. The van der Waals surface area contributed by atoms with Crippen LogP contribution < -0.4 is 14.8 Å². The molecule has 1 fully saturated rings. The van der Waals surface area contributed by atoms with E-state index in [9.17, 15) is 13.2 Å². The second kappa shape index (κ2) is 7.08. The smallest absolute Gasteiger partial charge is 0.239 e. The number of piperazine rings is 1. The van der Waals surface area contributed by atoms with Crippen LogP contribution in [-0.4, -0.2) is 58.8 Å². The Bertz CT molecular complexity index is 633. The molecule has 2 N–H and O–H groups in total. The molecule has 1 atom stereocenters. The Kier molecular flexibility index (Phi) is 5.38. The number of para-hydroxylation sites is 1. The number of nitrogens with one attached hydrogen (secondary N) is 2. The van der Waals surface area contributed by atoms with Gasteiger partial charge in [0.15, 0.2) is 0 Å². The van der Waals surface area contributed by atoms with Crippen molar-refractivity contribution in [2.24, 2.45) is 0 Å². The molecule has 0 aliphatic carbocycles. The molecule has 22 heavy (non-hydrogen) atoms. The van der Waals surface area contributed by atoms with Gasteiger partial charge in [-0.2, -0.15) is 0 Å². The summed E-state index contributed by atoms with van der Waals surface area (Å²) in [6.07, 6.45) is 0.